The molecule has 0 saturated heterocycles. The first-order chi connectivity index (χ1) is 59.8. The summed E-state index contributed by atoms with van der Waals surface area (Å²) in [6.45, 7) is 19.5. The Morgan fingerprint density at radius 2 is 0.721 bits per heavy atom. The van der Waals surface area contributed by atoms with Crippen LogP contribution in [0.2, 0.25) is 0 Å². The van der Waals surface area contributed by atoms with E-state index in [1.807, 2.05) is 12.2 Å². The van der Waals surface area contributed by atoms with Crippen LogP contribution in [0.3, 0.4) is 0 Å². The Kier molecular flexibility index (Phi) is 22.6. The third kappa shape index (κ3) is 15.9. The lowest BCUT2D eigenvalue weighted by atomic mass is 9.70. The van der Waals surface area contributed by atoms with Gasteiger partial charge in [-0.3, -0.25) is 0 Å². The molecule has 0 spiro atoms. The van der Waals surface area contributed by atoms with Gasteiger partial charge in [0.15, 0.2) is 11.5 Å². The Morgan fingerprint density at radius 3 is 1.20 bits per heavy atom. The van der Waals surface area contributed by atoms with E-state index in [4.69, 9.17) is 4.74 Å². The number of hydrogen-bond donors (Lipinski definition) is 0. The summed E-state index contributed by atoms with van der Waals surface area (Å²) >= 11 is 0. The fourth-order valence-corrected chi connectivity index (χ4v) is 20.6. The van der Waals surface area contributed by atoms with Gasteiger partial charge in [0.1, 0.15) is 0 Å². The molecule has 0 aromatic heterocycles. The summed E-state index contributed by atoms with van der Waals surface area (Å²) in [6.07, 6.45) is 30.1. The fraction of sp³-hybridized carbons (Fsp3) is 0.254. The molecule has 608 valence electrons. The normalized spacial score (nSPS) is 13.7. The minimum Gasteiger partial charge on any atom is -0.453 e. The monoisotopic (exact) mass is 1590 g/mol. The Morgan fingerprint density at radius 1 is 0.328 bits per heavy atom. The van der Waals surface area contributed by atoms with Gasteiger partial charge in [-0.1, -0.05) is 228 Å². The van der Waals surface area contributed by atoms with Crippen molar-refractivity contribution in [1.29, 1.82) is 0 Å². The fourth-order valence-electron chi connectivity index (χ4n) is 20.6. The lowest BCUT2D eigenvalue weighted by Gasteiger charge is -2.33. The summed E-state index contributed by atoms with van der Waals surface area (Å²) in [6, 6.07) is 113. The highest BCUT2D eigenvalue weighted by atomic mass is 16.5. The number of benzene rings is 14. The number of fused-ring (bicyclic) bond motifs is 10. The van der Waals surface area contributed by atoms with Crippen molar-refractivity contribution in [2.75, 3.05) is 14.7 Å². The maximum absolute atomic E-state index is 6.91. The van der Waals surface area contributed by atoms with Crippen molar-refractivity contribution < 1.29 is 4.74 Å². The van der Waals surface area contributed by atoms with Crippen molar-refractivity contribution in [3.8, 4) is 67.1 Å². The van der Waals surface area contributed by atoms with Gasteiger partial charge in [-0.15, -0.1) is 13.2 Å². The Labute approximate surface area is 726 Å². The van der Waals surface area contributed by atoms with E-state index in [1.54, 1.807) is 22.3 Å². The molecule has 0 fully saturated rings. The van der Waals surface area contributed by atoms with E-state index < -0.39 is 0 Å². The van der Waals surface area contributed by atoms with Crippen LogP contribution >= 0.6 is 0 Å². The number of unbranched alkanes of at least 4 members (excludes halogenated alkanes) is 7. The van der Waals surface area contributed by atoms with E-state index in [0.29, 0.717) is 0 Å². The number of aryl methyl sites for hydroxylation is 11. The molecule has 4 heteroatoms. The predicted molar refractivity (Wildman–Crippen MR) is 517 cm³/mol. The molecule has 1 heterocycles. The summed E-state index contributed by atoms with van der Waals surface area (Å²) in [5.41, 5.74) is 43.9. The third-order valence-electron chi connectivity index (χ3n) is 27.7. The van der Waals surface area contributed by atoms with Gasteiger partial charge in [0.05, 0.1) is 11.4 Å². The van der Waals surface area contributed by atoms with Crippen molar-refractivity contribution in [3.05, 3.63) is 400 Å². The second-order valence-corrected chi connectivity index (χ2v) is 36.2. The number of ether oxygens (including phenoxy) is 1. The number of anilines is 9. The second kappa shape index (κ2) is 34.7. The molecule has 19 rings (SSSR count). The van der Waals surface area contributed by atoms with Crippen LogP contribution in [0, 0.1) is 13.8 Å². The van der Waals surface area contributed by atoms with E-state index in [0.717, 1.165) is 152 Å². The first kappa shape index (κ1) is 79.5. The Bertz CT molecular complexity index is 6150. The zero-order valence-corrected chi connectivity index (χ0v) is 72.3. The molecule has 14 aromatic rings. The molecule has 4 aliphatic carbocycles. The van der Waals surface area contributed by atoms with Gasteiger partial charge < -0.3 is 19.4 Å². The molecule has 0 unspecified atom stereocenters. The van der Waals surface area contributed by atoms with Crippen molar-refractivity contribution >= 4 is 51.2 Å². The van der Waals surface area contributed by atoms with E-state index >= 15 is 0 Å². The van der Waals surface area contributed by atoms with Gasteiger partial charge in [0.2, 0.25) is 0 Å². The number of nitrogens with zero attached hydrogens (tertiary/aromatic N) is 3. The highest BCUT2D eigenvalue weighted by Gasteiger charge is 2.44. The SMILES string of the molecule is C=CCCCc1cccc(N(c2ccc(C)cc2)c2ccc(N(c3ccc(-c4ccc5c(c4)C(CCCCCc4ccc6c(c4)CC6)(CCCCCc4ccc6c(c4)CC6)c4cc(-c6ccc7c(c6)C(C)(C)c6cc(-c8ccc9c(c8)Oc8cc(C)ccc8N9c8ccc(CCCC)cc8)ccc6-7)ccc4-5)cc3)c3cccc(CCCC=C)c3)cc2)c1. The van der Waals surface area contributed by atoms with E-state index in [2.05, 4.69) is 354 Å². The summed E-state index contributed by atoms with van der Waals surface area (Å²) in [5.74, 6) is 1.75. The molecule has 4 nitrogen and oxygen atoms in total. The highest BCUT2D eigenvalue weighted by Crippen LogP contribution is 2.59. The van der Waals surface area contributed by atoms with Crippen LogP contribution in [0.4, 0.5) is 51.2 Å². The molecule has 14 aromatic carbocycles. The smallest absolute Gasteiger partial charge is 0.152 e. The minimum atomic E-state index is -0.256. The van der Waals surface area contributed by atoms with Crippen LogP contribution in [0.5, 0.6) is 11.5 Å². The molecule has 0 bridgehead atoms. The number of allylic oxidation sites excluding steroid dienone is 2. The van der Waals surface area contributed by atoms with Crippen LogP contribution < -0.4 is 19.4 Å². The molecular weight excluding hydrogens is 1480 g/mol. The number of rotatable bonds is 33. The summed E-state index contributed by atoms with van der Waals surface area (Å²) in [7, 11) is 0. The van der Waals surface area contributed by atoms with Crippen LogP contribution in [0.25, 0.3) is 55.6 Å². The molecule has 0 N–H and O–H groups in total. The predicted octanol–water partition coefficient (Wildman–Crippen LogP) is 32.6. The van der Waals surface area contributed by atoms with Gasteiger partial charge >= 0.3 is 0 Å². The molecule has 5 aliphatic rings. The first-order valence-corrected chi connectivity index (χ1v) is 45.7. The second-order valence-electron chi connectivity index (χ2n) is 36.2. The molecule has 122 heavy (non-hydrogen) atoms. The van der Waals surface area contributed by atoms with Crippen LogP contribution in [-0.4, -0.2) is 0 Å². The standard InChI is InChI=1S/C118H115N3O/c1-8-11-16-25-84-29-22-31-103(74-84)119(98-53-33-81(4)34-54-98)100-59-61-101(62-60-100)120(104-32-23-30-85(75-104)26-17-12-9-2)99-57-46-90(47-58-99)93-48-65-107-108-66-51-96(79-112(108)118(111(107)78-93,69-20-14-18-27-86-36-40-88-42-44-91(88)72-86)70-21-15-19-28-87-37-41-89-43-45-92(89)73-87)94-49-63-105-106-64-50-95(77-110(106)117(6,7)109(105)76-94)97-52-68-114-116(80-97)122-115-71-82(5)35-67-113(115)121(114)102-55-38-83(39-56-102)24-13-10-3/h8-9,22-23,29-41,46-68,71-80H,1-2,10-21,24-28,42-45,69-70H2,3-7H3. The first-order valence-electron chi connectivity index (χ1n) is 45.7. The zero-order valence-electron chi connectivity index (χ0n) is 72.3. The molecule has 0 atom stereocenters. The molecule has 0 radical (unpaired) electrons. The van der Waals surface area contributed by atoms with Crippen LogP contribution in [-0.2, 0) is 68.6 Å². The lowest BCUT2D eigenvalue weighted by Crippen LogP contribution is -2.25. The maximum Gasteiger partial charge on any atom is 0.152 e. The third-order valence-corrected chi connectivity index (χ3v) is 27.7. The van der Waals surface area contributed by atoms with Gasteiger partial charge in [-0.05, 0) is 396 Å². The topological polar surface area (TPSA) is 19.0 Å². The molecule has 1 aliphatic heterocycles. The van der Waals surface area contributed by atoms with Gasteiger partial charge in [0, 0.05) is 50.6 Å². The van der Waals surface area contributed by atoms with Crippen molar-refractivity contribution in [3.63, 3.8) is 0 Å². The van der Waals surface area contributed by atoms with Crippen molar-refractivity contribution in [2.45, 2.75) is 193 Å². The van der Waals surface area contributed by atoms with Gasteiger partial charge in [0.25, 0.3) is 0 Å². The van der Waals surface area contributed by atoms with E-state index in [1.165, 1.54) is 175 Å². The van der Waals surface area contributed by atoms with E-state index in [9.17, 15) is 0 Å². The quantitative estimate of drug-likeness (QED) is 0.0301. The van der Waals surface area contributed by atoms with Crippen molar-refractivity contribution in [1.82, 2.24) is 0 Å². The van der Waals surface area contributed by atoms with Gasteiger partial charge in [-0.25, -0.2) is 0 Å². The largest absolute Gasteiger partial charge is 0.453 e. The Hall–Kier alpha value is -12.2. The average molecular weight is 1590 g/mol. The van der Waals surface area contributed by atoms with Crippen LogP contribution in [0.15, 0.2) is 316 Å². The minimum absolute atomic E-state index is 0.199. The van der Waals surface area contributed by atoms with Crippen molar-refractivity contribution in [2.24, 2.45) is 0 Å². The Balaban J connectivity index is 0.659. The summed E-state index contributed by atoms with van der Waals surface area (Å²) < 4.78 is 6.91. The maximum atomic E-state index is 6.91. The average Bonchev–Trinajstić information content (AvgIpc) is 1.54. The molecule has 0 saturated carbocycles. The number of hydrogen-bond acceptors (Lipinski definition) is 4. The highest BCUT2D eigenvalue weighted by molar-refractivity contribution is 5.92. The molecule has 0 amide bonds. The van der Waals surface area contributed by atoms with Gasteiger partial charge in [-0.2, -0.15) is 0 Å². The summed E-state index contributed by atoms with van der Waals surface area (Å²) in [4.78, 5) is 7.24. The van der Waals surface area contributed by atoms with Crippen LogP contribution in [0.1, 0.15) is 194 Å². The zero-order chi connectivity index (χ0) is 82.8. The lowest BCUT2D eigenvalue weighted by molar-refractivity contribution is 0.402. The molecular formula is C118H115N3O. The van der Waals surface area contributed by atoms with E-state index in [-0.39, 0.29) is 10.8 Å². The summed E-state index contributed by atoms with van der Waals surface area (Å²) in [5, 5.41) is 0.